The van der Waals surface area contributed by atoms with Crippen LogP contribution in [0.5, 0.6) is 0 Å². The van der Waals surface area contributed by atoms with Gasteiger partial charge in [-0.2, -0.15) is 0 Å². The van der Waals surface area contributed by atoms with E-state index in [0.717, 1.165) is 61.7 Å². The monoisotopic (exact) mass is 596 g/mol. The van der Waals surface area contributed by atoms with Crippen LogP contribution in [0.2, 0.25) is 0 Å². The van der Waals surface area contributed by atoms with E-state index in [1.807, 2.05) is 24.3 Å². The Morgan fingerprint density at radius 3 is 2.20 bits per heavy atom. The van der Waals surface area contributed by atoms with Gasteiger partial charge in [0, 0.05) is 61.4 Å². The van der Waals surface area contributed by atoms with Gasteiger partial charge in [0.25, 0.3) is 5.91 Å². The van der Waals surface area contributed by atoms with Crippen LogP contribution in [0.15, 0.2) is 60.8 Å². The Balaban J connectivity index is 1.06. The number of urea groups is 1. The lowest BCUT2D eigenvalue weighted by atomic mass is 10.1. The number of piperidine rings is 1. The van der Waals surface area contributed by atoms with E-state index in [0.29, 0.717) is 42.5 Å². The molecule has 4 aromatic rings. The highest BCUT2D eigenvalue weighted by molar-refractivity contribution is 6.00. The summed E-state index contributed by atoms with van der Waals surface area (Å²) in [5, 5.41) is 9.73. The summed E-state index contributed by atoms with van der Waals surface area (Å²) in [4.78, 5) is 39.7. The van der Waals surface area contributed by atoms with Crippen LogP contribution in [0, 0.1) is 0 Å². The number of hydrogen-bond acceptors (Lipinski definition) is 7. The van der Waals surface area contributed by atoms with E-state index in [2.05, 4.69) is 49.5 Å². The fourth-order valence-electron chi connectivity index (χ4n) is 5.76. The van der Waals surface area contributed by atoms with Gasteiger partial charge in [0.15, 0.2) is 5.82 Å². The molecule has 11 nitrogen and oxygen atoms in total. The molecule has 230 valence electrons. The molecular formula is C33H40N8O3. The normalized spacial score (nSPS) is 15.7. The molecule has 0 bridgehead atoms. The van der Waals surface area contributed by atoms with E-state index in [4.69, 9.17) is 14.7 Å². The molecule has 11 heteroatoms. The summed E-state index contributed by atoms with van der Waals surface area (Å²) in [5.74, 6) is 1.45. The molecule has 0 atom stereocenters. The molecule has 2 saturated heterocycles. The van der Waals surface area contributed by atoms with Gasteiger partial charge in [0.1, 0.15) is 11.5 Å². The molecule has 3 N–H and O–H groups in total. The molecule has 0 spiro atoms. The van der Waals surface area contributed by atoms with Crippen molar-refractivity contribution in [3.05, 3.63) is 66.4 Å². The lowest BCUT2D eigenvalue weighted by Crippen LogP contribution is -2.37. The molecule has 2 aliphatic rings. The topological polar surface area (TPSA) is 117 Å². The van der Waals surface area contributed by atoms with Crippen molar-refractivity contribution in [3.8, 4) is 11.4 Å². The highest BCUT2D eigenvalue weighted by atomic mass is 16.5. The van der Waals surface area contributed by atoms with Gasteiger partial charge in [-0.15, -0.1) is 0 Å². The summed E-state index contributed by atoms with van der Waals surface area (Å²) in [6.45, 7) is 9.56. The average Bonchev–Trinajstić information content (AvgIpc) is 3.49. The Morgan fingerprint density at radius 2 is 1.52 bits per heavy atom. The van der Waals surface area contributed by atoms with E-state index in [-0.39, 0.29) is 11.9 Å². The standard InChI is InChI=1S/C33H40N8O3/c1-2-40-18-14-28-30(40)37-29(38-31(28)41-20-22-44-23-21-41)24-6-10-26(11-7-24)35-33(43)36-27-12-8-25(9-13-27)32(42)34-15-19-39-16-4-3-5-17-39/h6-14,18H,2-5,15-17,19-23H2,1H3,(H,34,42)(H2,35,36,43). The molecule has 0 aliphatic carbocycles. The molecule has 2 aliphatic heterocycles. The highest BCUT2D eigenvalue weighted by Crippen LogP contribution is 2.29. The van der Waals surface area contributed by atoms with Gasteiger partial charge in [-0.1, -0.05) is 6.42 Å². The van der Waals surface area contributed by atoms with Crippen LogP contribution in [0.25, 0.3) is 22.4 Å². The van der Waals surface area contributed by atoms with Gasteiger partial charge in [-0.3, -0.25) is 4.79 Å². The maximum Gasteiger partial charge on any atom is 0.323 e. The fraction of sp³-hybridized carbons (Fsp3) is 0.394. The zero-order chi connectivity index (χ0) is 30.3. The third-order valence-electron chi connectivity index (χ3n) is 8.22. The van der Waals surface area contributed by atoms with Crippen molar-refractivity contribution in [2.75, 3.05) is 68.0 Å². The van der Waals surface area contributed by atoms with Crippen molar-refractivity contribution in [2.45, 2.75) is 32.7 Å². The maximum absolute atomic E-state index is 12.7. The van der Waals surface area contributed by atoms with Crippen molar-refractivity contribution in [1.29, 1.82) is 0 Å². The Hall–Kier alpha value is -4.48. The molecule has 3 amide bonds. The number of aryl methyl sites for hydroxylation is 1. The van der Waals surface area contributed by atoms with Gasteiger partial charge >= 0.3 is 6.03 Å². The number of carbonyl (C=O) groups excluding carboxylic acids is 2. The van der Waals surface area contributed by atoms with E-state index >= 15 is 0 Å². The number of nitrogens with zero attached hydrogens (tertiary/aromatic N) is 5. The SMILES string of the molecule is CCn1ccc2c(N3CCOCC3)nc(-c3ccc(NC(=O)Nc4ccc(C(=O)NCCN5CCCCC5)cc4)cc3)nc21. The molecular weight excluding hydrogens is 556 g/mol. The number of amides is 3. The predicted octanol–water partition coefficient (Wildman–Crippen LogP) is 4.81. The Morgan fingerprint density at radius 1 is 0.841 bits per heavy atom. The smallest absolute Gasteiger partial charge is 0.323 e. The largest absolute Gasteiger partial charge is 0.378 e. The number of aromatic nitrogens is 3. The minimum Gasteiger partial charge on any atom is -0.378 e. The lowest BCUT2D eigenvalue weighted by molar-refractivity contribution is 0.0946. The number of morpholine rings is 1. The lowest BCUT2D eigenvalue weighted by Gasteiger charge is -2.28. The van der Waals surface area contributed by atoms with Crippen LogP contribution in [0.3, 0.4) is 0 Å². The van der Waals surface area contributed by atoms with Crippen LogP contribution >= 0.6 is 0 Å². The number of nitrogens with one attached hydrogen (secondary N) is 3. The summed E-state index contributed by atoms with van der Waals surface area (Å²) < 4.78 is 7.68. The number of benzene rings is 2. The number of fused-ring (bicyclic) bond motifs is 1. The Kier molecular flexibility index (Phi) is 9.33. The van der Waals surface area contributed by atoms with Crippen LogP contribution in [0.1, 0.15) is 36.5 Å². The quantitative estimate of drug-likeness (QED) is 0.254. The van der Waals surface area contributed by atoms with E-state index in [1.165, 1.54) is 19.3 Å². The van der Waals surface area contributed by atoms with Crippen molar-refractivity contribution >= 4 is 40.2 Å². The molecule has 0 radical (unpaired) electrons. The minimum atomic E-state index is -0.371. The third-order valence-corrected chi connectivity index (χ3v) is 8.22. The van der Waals surface area contributed by atoms with Gasteiger partial charge in [0.2, 0.25) is 0 Å². The molecule has 0 unspecified atom stereocenters. The summed E-state index contributed by atoms with van der Waals surface area (Å²) in [5.41, 5.74) is 3.57. The van der Waals surface area contributed by atoms with Crippen LogP contribution < -0.4 is 20.9 Å². The number of anilines is 3. The zero-order valence-electron chi connectivity index (χ0n) is 25.2. The number of rotatable bonds is 9. The number of carbonyl (C=O) groups is 2. The van der Waals surface area contributed by atoms with Crippen LogP contribution in [-0.2, 0) is 11.3 Å². The van der Waals surface area contributed by atoms with Crippen molar-refractivity contribution in [2.24, 2.45) is 0 Å². The molecule has 0 saturated carbocycles. The summed E-state index contributed by atoms with van der Waals surface area (Å²) in [7, 11) is 0. The number of hydrogen-bond donors (Lipinski definition) is 3. The van der Waals surface area contributed by atoms with Crippen molar-refractivity contribution in [1.82, 2.24) is 24.8 Å². The van der Waals surface area contributed by atoms with Crippen molar-refractivity contribution in [3.63, 3.8) is 0 Å². The van der Waals surface area contributed by atoms with Gasteiger partial charge in [-0.05, 0) is 87.5 Å². The summed E-state index contributed by atoms with van der Waals surface area (Å²) >= 11 is 0. The minimum absolute atomic E-state index is 0.110. The Labute approximate surface area is 257 Å². The molecule has 6 rings (SSSR count). The predicted molar refractivity (Wildman–Crippen MR) is 173 cm³/mol. The van der Waals surface area contributed by atoms with Crippen molar-refractivity contribution < 1.29 is 14.3 Å². The third kappa shape index (κ3) is 7.00. The van der Waals surface area contributed by atoms with Gasteiger partial charge < -0.3 is 35.1 Å². The number of ether oxygens (including phenoxy) is 1. The zero-order valence-corrected chi connectivity index (χ0v) is 25.2. The first-order chi connectivity index (χ1) is 21.6. The molecule has 2 fully saturated rings. The summed E-state index contributed by atoms with van der Waals surface area (Å²) in [6, 6.07) is 16.1. The molecule has 4 heterocycles. The maximum atomic E-state index is 12.7. The molecule has 44 heavy (non-hydrogen) atoms. The van der Waals surface area contributed by atoms with E-state index in [1.54, 1.807) is 24.3 Å². The summed E-state index contributed by atoms with van der Waals surface area (Å²) in [6.07, 6.45) is 5.82. The van der Waals surface area contributed by atoms with E-state index in [9.17, 15) is 9.59 Å². The van der Waals surface area contributed by atoms with Gasteiger partial charge in [-0.25, -0.2) is 14.8 Å². The first-order valence-corrected chi connectivity index (χ1v) is 15.6. The van der Waals surface area contributed by atoms with E-state index < -0.39 is 0 Å². The fourth-order valence-corrected chi connectivity index (χ4v) is 5.76. The average molecular weight is 597 g/mol. The second kappa shape index (κ2) is 13.9. The Bertz CT molecular complexity index is 1570. The van der Waals surface area contributed by atoms with Crippen LogP contribution in [-0.4, -0.2) is 83.9 Å². The first kappa shape index (κ1) is 29.6. The second-order valence-corrected chi connectivity index (χ2v) is 11.2. The first-order valence-electron chi connectivity index (χ1n) is 15.6. The molecule has 2 aromatic heterocycles. The van der Waals surface area contributed by atoms with Gasteiger partial charge in [0.05, 0.1) is 18.6 Å². The van der Waals surface area contributed by atoms with Crippen LogP contribution in [0.4, 0.5) is 22.0 Å². The highest BCUT2D eigenvalue weighted by Gasteiger charge is 2.20. The second-order valence-electron chi connectivity index (χ2n) is 11.2. The number of likely N-dealkylation sites (tertiary alicyclic amines) is 1. The molecule has 2 aromatic carbocycles.